The Kier molecular flexibility index (Phi) is 6.72. The summed E-state index contributed by atoms with van der Waals surface area (Å²) < 4.78 is 7.38. The smallest absolute Gasteiger partial charge is 0.333 e. The lowest BCUT2D eigenvalue weighted by Gasteiger charge is -2.35. The fourth-order valence-electron chi connectivity index (χ4n) is 5.27. The molecule has 5 rings (SSSR count). The molecule has 0 N–H and O–H groups in total. The van der Waals surface area contributed by atoms with Gasteiger partial charge in [0.2, 0.25) is 0 Å². The van der Waals surface area contributed by atoms with Crippen LogP contribution in [0.3, 0.4) is 0 Å². The van der Waals surface area contributed by atoms with E-state index in [4.69, 9.17) is 9.73 Å². The van der Waals surface area contributed by atoms with E-state index in [0.29, 0.717) is 18.9 Å². The van der Waals surface area contributed by atoms with Gasteiger partial charge in [0, 0.05) is 46.0 Å². The van der Waals surface area contributed by atoms with Gasteiger partial charge < -0.3 is 9.64 Å². The SMILES string of the molecule is COc1ccc(N2CCN(CC3=[N+](Cc4cc(C)ccc4C)C4C(=O)N(C)C(=O)N(C)C4=N3)CC2)cc1. The van der Waals surface area contributed by atoms with Gasteiger partial charge >= 0.3 is 11.9 Å². The number of ether oxygens (including phenoxy) is 1. The summed E-state index contributed by atoms with van der Waals surface area (Å²) in [5.74, 6) is 1.98. The topological polar surface area (TPSA) is 71.7 Å². The van der Waals surface area contributed by atoms with Crippen LogP contribution in [0.15, 0.2) is 47.5 Å². The Morgan fingerprint density at radius 1 is 0.973 bits per heavy atom. The van der Waals surface area contributed by atoms with Crippen molar-refractivity contribution in [3.63, 3.8) is 0 Å². The Morgan fingerprint density at radius 3 is 2.35 bits per heavy atom. The molecule has 1 unspecified atom stereocenters. The molecule has 9 heteroatoms. The number of amides is 3. The molecule has 2 aromatic rings. The van der Waals surface area contributed by atoms with Crippen LogP contribution in [0.5, 0.6) is 5.75 Å². The maximum absolute atomic E-state index is 13.3. The van der Waals surface area contributed by atoms with E-state index in [1.807, 2.05) is 12.1 Å². The zero-order valence-electron chi connectivity index (χ0n) is 22.3. The van der Waals surface area contributed by atoms with Crippen molar-refractivity contribution in [1.82, 2.24) is 14.7 Å². The summed E-state index contributed by atoms with van der Waals surface area (Å²) in [6.45, 7) is 8.92. The molecule has 0 aromatic heterocycles. The van der Waals surface area contributed by atoms with E-state index in [9.17, 15) is 9.59 Å². The zero-order chi connectivity index (χ0) is 26.3. The molecule has 1 atom stereocenters. The second-order valence-corrected chi connectivity index (χ2v) is 10.0. The lowest BCUT2D eigenvalue weighted by molar-refractivity contribution is -0.552. The van der Waals surface area contributed by atoms with Gasteiger partial charge in [-0.1, -0.05) is 23.8 Å². The number of aryl methyl sites for hydroxylation is 2. The number of amidine groups is 2. The molecular weight excluding hydrogens is 468 g/mol. The van der Waals surface area contributed by atoms with E-state index >= 15 is 0 Å². The molecule has 2 fully saturated rings. The van der Waals surface area contributed by atoms with Crippen LogP contribution >= 0.6 is 0 Å². The Balaban J connectivity index is 1.39. The lowest BCUT2D eigenvalue weighted by Crippen LogP contribution is -2.61. The van der Waals surface area contributed by atoms with Gasteiger partial charge in [-0.05, 0) is 54.2 Å². The van der Waals surface area contributed by atoms with Crippen LogP contribution in [-0.4, -0.2) is 103 Å². The molecular formula is C28H35N6O3+. The molecule has 37 heavy (non-hydrogen) atoms. The number of anilines is 1. The third-order valence-electron chi connectivity index (χ3n) is 7.63. The highest BCUT2D eigenvalue weighted by Crippen LogP contribution is 2.24. The van der Waals surface area contributed by atoms with Gasteiger partial charge in [0.25, 0.3) is 17.8 Å². The number of imide groups is 1. The summed E-state index contributed by atoms with van der Waals surface area (Å²) >= 11 is 0. The van der Waals surface area contributed by atoms with Gasteiger partial charge in [-0.15, -0.1) is 0 Å². The van der Waals surface area contributed by atoms with Crippen molar-refractivity contribution in [3.8, 4) is 5.75 Å². The first kappa shape index (κ1) is 25.0. The molecule has 0 radical (unpaired) electrons. The quantitative estimate of drug-likeness (QED) is 0.566. The van der Waals surface area contributed by atoms with Gasteiger partial charge in [-0.3, -0.25) is 19.5 Å². The molecule has 0 spiro atoms. The fourth-order valence-corrected chi connectivity index (χ4v) is 5.27. The van der Waals surface area contributed by atoms with Gasteiger partial charge in [-0.2, -0.15) is 0 Å². The van der Waals surface area contributed by atoms with Crippen LogP contribution in [0, 0.1) is 13.8 Å². The van der Waals surface area contributed by atoms with Crippen LogP contribution in [0.4, 0.5) is 10.5 Å². The number of rotatable bonds is 6. The number of aliphatic imine (C=N–C) groups is 1. The number of carbonyl (C=O) groups is 2. The molecule has 0 saturated carbocycles. The van der Waals surface area contributed by atoms with E-state index in [1.54, 1.807) is 21.2 Å². The number of nitrogens with zero attached hydrogens (tertiary/aromatic N) is 6. The van der Waals surface area contributed by atoms with Crippen LogP contribution in [0.1, 0.15) is 16.7 Å². The van der Waals surface area contributed by atoms with Crippen molar-refractivity contribution in [3.05, 3.63) is 59.2 Å². The monoisotopic (exact) mass is 503 g/mol. The summed E-state index contributed by atoms with van der Waals surface area (Å²) in [5.41, 5.74) is 4.70. The van der Waals surface area contributed by atoms with Crippen LogP contribution in [0.25, 0.3) is 0 Å². The predicted molar refractivity (Wildman–Crippen MR) is 144 cm³/mol. The summed E-state index contributed by atoms with van der Waals surface area (Å²) in [6, 6.07) is 13.6. The first-order valence-corrected chi connectivity index (χ1v) is 12.7. The fraction of sp³-hybridized carbons (Fsp3) is 0.429. The molecule has 0 bridgehead atoms. The van der Waals surface area contributed by atoms with Crippen molar-refractivity contribution in [2.45, 2.75) is 26.4 Å². The predicted octanol–water partition coefficient (Wildman–Crippen LogP) is 2.35. The highest BCUT2D eigenvalue weighted by atomic mass is 16.5. The molecule has 3 amide bonds. The van der Waals surface area contributed by atoms with Crippen molar-refractivity contribution in [1.29, 1.82) is 0 Å². The van der Waals surface area contributed by atoms with E-state index in [1.165, 1.54) is 26.6 Å². The standard InChI is InChI=1S/C28H35N6O3/c1-19-6-7-20(2)21(16-19)17-34-24(29-26-25(34)27(35)31(4)28(36)30(26)3)18-32-12-14-33(15-13-32)22-8-10-23(37-5)11-9-22/h6-11,16,25H,12-15,17-18H2,1-5H3/q+1. The molecule has 3 aliphatic rings. The largest absolute Gasteiger partial charge is 0.497 e. The van der Waals surface area contributed by atoms with Gasteiger partial charge in [0.05, 0.1) is 7.11 Å². The molecule has 2 aromatic carbocycles. The zero-order valence-corrected chi connectivity index (χ0v) is 22.3. The highest BCUT2D eigenvalue weighted by molar-refractivity contribution is 6.23. The van der Waals surface area contributed by atoms with Gasteiger partial charge in [0.15, 0.2) is 0 Å². The van der Waals surface area contributed by atoms with E-state index in [-0.39, 0.29) is 11.9 Å². The van der Waals surface area contributed by atoms with E-state index in [2.05, 4.69) is 58.6 Å². The third-order valence-corrected chi connectivity index (χ3v) is 7.63. The molecule has 9 nitrogen and oxygen atoms in total. The normalized spacial score (nSPS) is 20.5. The summed E-state index contributed by atoms with van der Waals surface area (Å²) in [6.07, 6.45) is 0. The first-order chi connectivity index (χ1) is 17.8. The Hall–Kier alpha value is -3.72. The molecule has 2 saturated heterocycles. The average Bonchev–Trinajstić information content (AvgIpc) is 3.26. The van der Waals surface area contributed by atoms with Gasteiger partial charge in [-0.25, -0.2) is 9.37 Å². The van der Waals surface area contributed by atoms with Crippen LogP contribution < -0.4 is 9.64 Å². The number of hydrogen-bond acceptors (Lipinski definition) is 6. The Labute approximate surface area is 218 Å². The minimum atomic E-state index is -0.594. The van der Waals surface area contributed by atoms with E-state index in [0.717, 1.165) is 43.3 Å². The number of likely N-dealkylation sites (N-methyl/N-ethyl adjacent to an activating group) is 2. The number of hydrogen-bond donors (Lipinski definition) is 0. The maximum atomic E-state index is 13.3. The van der Waals surface area contributed by atoms with Crippen molar-refractivity contribution < 1.29 is 18.9 Å². The van der Waals surface area contributed by atoms with Gasteiger partial charge in [0.1, 0.15) is 18.8 Å². The second kappa shape index (κ2) is 9.97. The average molecular weight is 504 g/mol. The first-order valence-electron chi connectivity index (χ1n) is 12.7. The minimum Gasteiger partial charge on any atom is -0.497 e. The summed E-state index contributed by atoms with van der Waals surface area (Å²) in [4.78, 5) is 38.3. The number of fused-ring (bicyclic) bond motifs is 1. The Morgan fingerprint density at radius 2 is 1.68 bits per heavy atom. The minimum absolute atomic E-state index is 0.230. The number of methoxy groups -OCH3 is 1. The van der Waals surface area contributed by atoms with E-state index < -0.39 is 6.04 Å². The van der Waals surface area contributed by atoms with Crippen LogP contribution in [-0.2, 0) is 11.3 Å². The van der Waals surface area contributed by atoms with Crippen molar-refractivity contribution >= 4 is 29.3 Å². The van der Waals surface area contributed by atoms with Crippen LogP contribution in [0.2, 0.25) is 0 Å². The lowest BCUT2D eigenvalue weighted by atomic mass is 10.0. The second-order valence-electron chi connectivity index (χ2n) is 10.0. The molecule has 0 aliphatic carbocycles. The van der Waals surface area contributed by atoms with Crippen molar-refractivity contribution in [2.75, 3.05) is 58.8 Å². The summed E-state index contributed by atoms with van der Waals surface area (Å²) in [5, 5.41) is 0. The Bertz CT molecular complexity index is 1280. The number of piperazine rings is 1. The molecule has 3 aliphatic heterocycles. The number of benzene rings is 2. The summed E-state index contributed by atoms with van der Waals surface area (Å²) in [7, 11) is 4.92. The molecule has 3 heterocycles. The third kappa shape index (κ3) is 4.71. The number of urea groups is 1. The molecule has 194 valence electrons. The maximum Gasteiger partial charge on any atom is 0.333 e. The number of carbonyl (C=O) groups excluding carboxylic acids is 2. The van der Waals surface area contributed by atoms with Crippen molar-refractivity contribution in [2.24, 2.45) is 4.99 Å². The highest BCUT2D eigenvalue weighted by Gasteiger charge is 2.53.